The van der Waals surface area contributed by atoms with Gasteiger partial charge >= 0.3 is 0 Å². The van der Waals surface area contributed by atoms with Gasteiger partial charge in [0, 0.05) is 11.4 Å². The number of aryl methyl sites for hydroxylation is 4. The van der Waals surface area contributed by atoms with Crippen molar-refractivity contribution in [3.63, 3.8) is 0 Å². The molecule has 0 aliphatic heterocycles. The number of anilines is 1. The first-order chi connectivity index (χ1) is 13.8. The lowest BCUT2D eigenvalue weighted by atomic mass is 10.1. The number of amides is 1. The van der Waals surface area contributed by atoms with Crippen LogP contribution in [0.25, 0.3) is 16.7 Å². The summed E-state index contributed by atoms with van der Waals surface area (Å²) in [6.45, 7) is 7.72. The van der Waals surface area contributed by atoms with Crippen LogP contribution in [-0.2, 0) is 0 Å². The number of carbonyl (C=O) groups is 1. The Labute approximate surface area is 168 Å². The number of nitrogens with zero attached hydrogens (tertiary/aromatic N) is 3. The molecular weight excluding hydrogens is 367 g/mol. The summed E-state index contributed by atoms with van der Waals surface area (Å²) in [5, 5.41) is 8.22. The van der Waals surface area contributed by atoms with Gasteiger partial charge in [0.25, 0.3) is 5.91 Å². The van der Waals surface area contributed by atoms with Crippen LogP contribution in [0.2, 0.25) is 0 Å². The molecular formula is C23H21FN4O. The summed E-state index contributed by atoms with van der Waals surface area (Å²) in [7, 11) is 0. The molecule has 0 fully saturated rings. The van der Waals surface area contributed by atoms with Gasteiger partial charge in [-0.15, -0.1) is 0 Å². The van der Waals surface area contributed by atoms with Crippen LogP contribution in [-0.4, -0.2) is 20.7 Å². The summed E-state index contributed by atoms with van der Waals surface area (Å²) in [5.41, 5.74) is 6.16. The van der Waals surface area contributed by atoms with E-state index >= 15 is 0 Å². The summed E-state index contributed by atoms with van der Waals surface area (Å²) in [4.78, 5) is 17.7. The van der Waals surface area contributed by atoms with Crippen molar-refractivity contribution >= 4 is 22.6 Å². The van der Waals surface area contributed by atoms with Crippen molar-refractivity contribution < 1.29 is 9.18 Å². The molecule has 4 aromatic rings. The number of fused-ring (bicyclic) bond motifs is 1. The summed E-state index contributed by atoms with van der Waals surface area (Å²) in [5.74, 6) is -0.537. The first-order valence-electron chi connectivity index (χ1n) is 9.35. The fraction of sp³-hybridized carbons (Fsp3) is 0.174. The summed E-state index contributed by atoms with van der Waals surface area (Å²) < 4.78 is 15.0. The SMILES string of the molecule is Cc1cc(C(=O)Nc2ccc(C)c(C)c2)c2c(C)nn(-c3ccc(F)cc3)c2n1. The average molecular weight is 388 g/mol. The highest BCUT2D eigenvalue weighted by Crippen LogP contribution is 2.26. The molecule has 6 heteroatoms. The predicted octanol–water partition coefficient (Wildman–Crippen LogP) is 5.05. The van der Waals surface area contributed by atoms with Gasteiger partial charge in [0.2, 0.25) is 0 Å². The Kier molecular flexibility index (Phi) is 4.62. The van der Waals surface area contributed by atoms with Crippen molar-refractivity contribution in [3.05, 3.63) is 82.4 Å². The van der Waals surface area contributed by atoms with Gasteiger partial charge in [-0.2, -0.15) is 5.10 Å². The number of rotatable bonds is 3. The van der Waals surface area contributed by atoms with E-state index in [1.165, 1.54) is 17.7 Å². The van der Waals surface area contributed by atoms with E-state index in [-0.39, 0.29) is 11.7 Å². The molecule has 5 nitrogen and oxygen atoms in total. The molecule has 2 heterocycles. The molecule has 1 N–H and O–H groups in total. The van der Waals surface area contributed by atoms with Gasteiger partial charge in [0.1, 0.15) is 5.82 Å². The summed E-state index contributed by atoms with van der Waals surface area (Å²) in [6.07, 6.45) is 0. The number of benzene rings is 2. The molecule has 2 aromatic heterocycles. The highest BCUT2D eigenvalue weighted by atomic mass is 19.1. The fourth-order valence-corrected chi connectivity index (χ4v) is 3.37. The van der Waals surface area contributed by atoms with Crippen molar-refractivity contribution in [1.29, 1.82) is 0 Å². The molecule has 1 amide bonds. The van der Waals surface area contributed by atoms with Gasteiger partial charge in [-0.25, -0.2) is 14.1 Å². The highest BCUT2D eigenvalue weighted by Gasteiger charge is 2.20. The monoisotopic (exact) mass is 388 g/mol. The van der Waals surface area contributed by atoms with E-state index in [1.807, 2.05) is 45.9 Å². The van der Waals surface area contributed by atoms with Crippen LogP contribution in [0.3, 0.4) is 0 Å². The average Bonchev–Trinajstić information content (AvgIpc) is 3.01. The molecule has 146 valence electrons. The topological polar surface area (TPSA) is 59.8 Å². The maximum Gasteiger partial charge on any atom is 0.256 e. The van der Waals surface area contributed by atoms with E-state index in [4.69, 9.17) is 0 Å². The number of hydrogen-bond donors (Lipinski definition) is 1. The van der Waals surface area contributed by atoms with Crippen molar-refractivity contribution in [2.24, 2.45) is 0 Å². The second-order valence-corrected chi connectivity index (χ2v) is 7.24. The van der Waals surface area contributed by atoms with Crippen molar-refractivity contribution in [2.45, 2.75) is 27.7 Å². The van der Waals surface area contributed by atoms with Gasteiger partial charge < -0.3 is 5.32 Å². The number of carbonyl (C=O) groups excluding carboxylic acids is 1. The van der Waals surface area contributed by atoms with Crippen molar-refractivity contribution in [3.8, 4) is 5.69 Å². The third-order valence-electron chi connectivity index (χ3n) is 5.02. The molecule has 0 atom stereocenters. The Morgan fingerprint density at radius 2 is 1.69 bits per heavy atom. The van der Waals surface area contributed by atoms with E-state index < -0.39 is 0 Å². The normalized spacial score (nSPS) is 11.1. The number of aromatic nitrogens is 3. The van der Waals surface area contributed by atoms with Gasteiger partial charge in [-0.1, -0.05) is 6.07 Å². The Morgan fingerprint density at radius 1 is 0.966 bits per heavy atom. The largest absolute Gasteiger partial charge is 0.322 e. The summed E-state index contributed by atoms with van der Waals surface area (Å²) in [6, 6.07) is 13.6. The zero-order valence-electron chi connectivity index (χ0n) is 16.7. The minimum atomic E-state index is -0.320. The van der Waals surface area contributed by atoms with E-state index in [1.54, 1.807) is 22.9 Å². The van der Waals surface area contributed by atoms with Gasteiger partial charge in [-0.05, 0) is 81.3 Å². The number of nitrogens with one attached hydrogen (secondary N) is 1. The lowest BCUT2D eigenvalue weighted by molar-refractivity contribution is 0.102. The second-order valence-electron chi connectivity index (χ2n) is 7.24. The zero-order chi connectivity index (χ0) is 20.7. The van der Waals surface area contributed by atoms with Gasteiger partial charge in [0.05, 0.1) is 22.3 Å². The molecule has 0 bridgehead atoms. The van der Waals surface area contributed by atoms with Crippen molar-refractivity contribution in [2.75, 3.05) is 5.32 Å². The fourth-order valence-electron chi connectivity index (χ4n) is 3.37. The predicted molar refractivity (Wildman–Crippen MR) is 112 cm³/mol. The lowest BCUT2D eigenvalue weighted by Crippen LogP contribution is -2.13. The third-order valence-corrected chi connectivity index (χ3v) is 5.02. The minimum Gasteiger partial charge on any atom is -0.322 e. The Morgan fingerprint density at radius 3 is 2.38 bits per heavy atom. The molecule has 0 saturated carbocycles. The van der Waals surface area contributed by atoms with E-state index in [9.17, 15) is 9.18 Å². The van der Waals surface area contributed by atoms with Crippen LogP contribution in [0.1, 0.15) is 32.9 Å². The van der Waals surface area contributed by atoms with Gasteiger partial charge in [0.15, 0.2) is 5.65 Å². The maximum atomic E-state index is 13.3. The van der Waals surface area contributed by atoms with Crippen LogP contribution in [0.5, 0.6) is 0 Å². The Bertz CT molecular complexity index is 1240. The van der Waals surface area contributed by atoms with E-state index in [2.05, 4.69) is 15.4 Å². The van der Waals surface area contributed by atoms with Crippen LogP contribution >= 0.6 is 0 Å². The van der Waals surface area contributed by atoms with Crippen LogP contribution < -0.4 is 5.32 Å². The highest BCUT2D eigenvalue weighted by molar-refractivity contribution is 6.12. The molecule has 0 aliphatic carbocycles. The lowest BCUT2D eigenvalue weighted by Gasteiger charge is -2.10. The first kappa shape index (κ1) is 18.8. The first-order valence-corrected chi connectivity index (χ1v) is 9.35. The molecule has 29 heavy (non-hydrogen) atoms. The number of pyridine rings is 1. The molecule has 0 aliphatic rings. The molecule has 0 unspecified atom stereocenters. The van der Waals surface area contributed by atoms with Gasteiger partial charge in [-0.3, -0.25) is 4.79 Å². The molecule has 0 spiro atoms. The molecule has 2 aromatic carbocycles. The molecule has 0 radical (unpaired) electrons. The molecule has 0 saturated heterocycles. The minimum absolute atomic E-state index is 0.217. The second kappa shape index (κ2) is 7.13. The Balaban J connectivity index is 1.81. The zero-order valence-corrected chi connectivity index (χ0v) is 16.7. The quantitative estimate of drug-likeness (QED) is 0.534. The van der Waals surface area contributed by atoms with Crippen LogP contribution in [0.4, 0.5) is 10.1 Å². The summed E-state index contributed by atoms with van der Waals surface area (Å²) >= 11 is 0. The van der Waals surface area contributed by atoms with E-state index in [0.717, 1.165) is 11.3 Å². The molecule has 4 rings (SSSR count). The van der Waals surface area contributed by atoms with Crippen LogP contribution in [0.15, 0.2) is 48.5 Å². The third kappa shape index (κ3) is 3.49. The smallest absolute Gasteiger partial charge is 0.256 e. The Hall–Kier alpha value is -3.54. The van der Waals surface area contributed by atoms with E-state index in [0.29, 0.717) is 33.7 Å². The van der Waals surface area contributed by atoms with Crippen LogP contribution in [0, 0.1) is 33.5 Å². The van der Waals surface area contributed by atoms with Crippen molar-refractivity contribution in [1.82, 2.24) is 14.8 Å². The maximum absolute atomic E-state index is 13.3. The standard InChI is InChI=1S/C23H21FN4O/c1-13-5-8-18(11-14(13)2)26-23(29)20-12-15(3)25-22-21(20)16(4)27-28(22)19-9-6-17(24)7-10-19/h5-12H,1-4H3,(H,26,29). The number of hydrogen-bond acceptors (Lipinski definition) is 3. The number of halogens is 1.